The Bertz CT molecular complexity index is 1220. The Morgan fingerprint density at radius 1 is 1.31 bits per heavy atom. The predicted molar refractivity (Wildman–Crippen MR) is 113 cm³/mol. The van der Waals surface area contributed by atoms with E-state index in [9.17, 15) is 18.7 Å². The van der Waals surface area contributed by atoms with Crippen molar-refractivity contribution in [2.45, 2.75) is 25.1 Å². The first-order valence-electron chi connectivity index (χ1n) is 9.54. The third-order valence-corrected chi connectivity index (χ3v) is 5.87. The molecule has 3 heterocycles. The SMILES string of the molecule is C[C@@H](NC(=O)c1csc(-c2cccnc2)n1)[C@](O)(Cn1cncn1)c1ccc(F)cc1F. The second-order valence-corrected chi connectivity index (χ2v) is 7.97. The number of amides is 1. The molecule has 0 unspecified atom stereocenters. The fourth-order valence-corrected chi connectivity index (χ4v) is 4.04. The molecule has 0 fully saturated rings. The summed E-state index contributed by atoms with van der Waals surface area (Å²) in [6.07, 6.45) is 5.88. The van der Waals surface area contributed by atoms with Crippen LogP contribution in [-0.2, 0) is 12.1 Å². The fraction of sp³-hybridized carbons (Fsp3) is 0.190. The fourth-order valence-electron chi connectivity index (χ4n) is 3.25. The van der Waals surface area contributed by atoms with E-state index in [-0.39, 0.29) is 17.8 Å². The number of rotatable bonds is 7. The lowest BCUT2D eigenvalue weighted by Gasteiger charge is -2.35. The number of nitrogens with zero attached hydrogens (tertiary/aromatic N) is 5. The summed E-state index contributed by atoms with van der Waals surface area (Å²) in [7, 11) is 0. The highest BCUT2D eigenvalue weighted by atomic mass is 32.1. The number of hydrogen-bond donors (Lipinski definition) is 2. The molecule has 0 aliphatic heterocycles. The summed E-state index contributed by atoms with van der Waals surface area (Å²) in [5.74, 6) is -2.28. The maximum absolute atomic E-state index is 14.6. The van der Waals surface area contributed by atoms with Gasteiger partial charge in [-0.1, -0.05) is 6.07 Å². The van der Waals surface area contributed by atoms with Gasteiger partial charge in [-0.15, -0.1) is 11.3 Å². The summed E-state index contributed by atoms with van der Waals surface area (Å²) in [5, 5.41) is 20.3. The van der Waals surface area contributed by atoms with Crippen molar-refractivity contribution in [3.63, 3.8) is 0 Å². The highest BCUT2D eigenvalue weighted by molar-refractivity contribution is 7.13. The van der Waals surface area contributed by atoms with E-state index < -0.39 is 29.2 Å². The Balaban J connectivity index is 1.60. The molecular formula is C21H18F2N6O2S. The number of pyridine rings is 1. The van der Waals surface area contributed by atoms with Crippen molar-refractivity contribution in [3.8, 4) is 10.6 Å². The Morgan fingerprint density at radius 2 is 2.16 bits per heavy atom. The second-order valence-electron chi connectivity index (χ2n) is 7.12. The molecule has 0 bridgehead atoms. The predicted octanol–water partition coefficient (Wildman–Crippen LogP) is 2.78. The van der Waals surface area contributed by atoms with Gasteiger partial charge < -0.3 is 10.4 Å². The number of nitrogens with one attached hydrogen (secondary N) is 1. The zero-order valence-electron chi connectivity index (χ0n) is 16.8. The molecule has 0 spiro atoms. The monoisotopic (exact) mass is 456 g/mol. The summed E-state index contributed by atoms with van der Waals surface area (Å²) < 4.78 is 29.4. The zero-order valence-corrected chi connectivity index (χ0v) is 17.6. The highest BCUT2D eigenvalue weighted by Gasteiger charge is 2.40. The number of halogens is 2. The highest BCUT2D eigenvalue weighted by Crippen LogP contribution is 2.30. The summed E-state index contributed by atoms with van der Waals surface area (Å²) >= 11 is 1.27. The van der Waals surface area contributed by atoms with E-state index in [2.05, 4.69) is 25.4 Å². The molecule has 8 nitrogen and oxygen atoms in total. The summed E-state index contributed by atoms with van der Waals surface area (Å²) in [6, 6.07) is 5.46. The van der Waals surface area contributed by atoms with E-state index in [1.165, 1.54) is 35.6 Å². The Kier molecular flexibility index (Phi) is 6.01. The van der Waals surface area contributed by atoms with Crippen LogP contribution in [0, 0.1) is 11.6 Å². The molecule has 32 heavy (non-hydrogen) atoms. The molecule has 0 aliphatic carbocycles. The van der Waals surface area contributed by atoms with Crippen LogP contribution >= 0.6 is 11.3 Å². The van der Waals surface area contributed by atoms with E-state index >= 15 is 0 Å². The average Bonchev–Trinajstić information content (AvgIpc) is 3.46. The molecule has 1 amide bonds. The van der Waals surface area contributed by atoms with Crippen molar-refractivity contribution in [1.82, 2.24) is 30.0 Å². The van der Waals surface area contributed by atoms with Gasteiger partial charge in [-0.05, 0) is 25.1 Å². The Labute approximate surface area is 185 Å². The van der Waals surface area contributed by atoms with Crippen LogP contribution in [0.25, 0.3) is 10.6 Å². The van der Waals surface area contributed by atoms with Crippen LogP contribution in [0.3, 0.4) is 0 Å². The minimum Gasteiger partial charge on any atom is -0.381 e. The minimum atomic E-state index is -1.96. The van der Waals surface area contributed by atoms with Gasteiger partial charge in [0.05, 0.1) is 12.6 Å². The van der Waals surface area contributed by atoms with Crippen LogP contribution in [0.4, 0.5) is 8.78 Å². The van der Waals surface area contributed by atoms with Crippen LogP contribution in [0.15, 0.2) is 60.8 Å². The van der Waals surface area contributed by atoms with E-state index in [4.69, 9.17) is 0 Å². The zero-order chi connectivity index (χ0) is 22.7. The first-order chi connectivity index (χ1) is 15.4. The Morgan fingerprint density at radius 3 is 2.84 bits per heavy atom. The number of hydrogen-bond acceptors (Lipinski definition) is 7. The van der Waals surface area contributed by atoms with Crippen LogP contribution in [0.2, 0.25) is 0 Å². The van der Waals surface area contributed by atoms with Crippen molar-refractivity contribution in [3.05, 3.63) is 83.7 Å². The third-order valence-electron chi connectivity index (χ3n) is 4.98. The van der Waals surface area contributed by atoms with Crippen LogP contribution in [-0.4, -0.2) is 41.8 Å². The first-order valence-corrected chi connectivity index (χ1v) is 10.4. The summed E-state index contributed by atoms with van der Waals surface area (Å²) in [5.41, 5.74) is -1.23. The van der Waals surface area contributed by atoms with Crippen molar-refractivity contribution in [2.24, 2.45) is 0 Å². The molecule has 11 heteroatoms. The molecule has 1 aromatic carbocycles. The molecule has 0 saturated heterocycles. The number of carbonyl (C=O) groups is 1. The van der Waals surface area contributed by atoms with Crippen LogP contribution in [0.5, 0.6) is 0 Å². The van der Waals surface area contributed by atoms with Gasteiger partial charge in [-0.3, -0.25) is 9.78 Å². The van der Waals surface area contributed by atoms with Gasteiger partial charge >= 0.3 is 0 Å². The van der Waals surface area contributed by atoms with Crippen LogP contribution < -0.4 is 5.32 Å². The lowest BCUT2D eigenvalue weighted by Crippen LogP contribution is -2.52. The standard InChI is InChI=1S/C21H18F2N6O2S/c1-13(27-19(30)18-9-32-20(28-18)14-3-2-6-24-8-14)21(31,10-29-12-25-11-26-29)16-5-4-15(22)7-17(16)23/h2-9,11-13,31H,10H2,1H3,(H,27,30)/t13-,21-/m1/s1. The van der Waals surface area contributed by atoms with Gasteiger partial charge in [0.25, 0.3) is 5.91 Å². The van der Waals surface area contributed by atoms with Gasteiger partial charge in [0.2, 0.25) is 0 Å². The molecule has 4 aromatic rings. The van der Waals surface area contributed by atoms with Crippen molar-refractivity contribution in [1.29, 1.82) is 0 Å². The van der Waals surface area contributed by atoms with Gasteiger partial charge in [-0.2, -0.15) is 5.10 Å². The maximum Gasteiger partial charge on any atom is 0.271 e. The molecule has 4 rings (SSSR count). The smallest absolute Gasteiger partial charge is 0.271 e. The number of carbonyl (C=O) groups excluding carboxylic acids is 1. The Hall–Kier alpha value is -3.57. The molecule has 2 N–H and O–H groups in total. The van der Waals surface area contributed by atoms with E-state index in [0.717, 1.165) is 17.7 Å². The van der Waals surface area contributed by atoms with Crippen LogP contribution in [0.1, 0.15) is 23.0 Å². The number of aromatic nitrogens is 5. The van der Waals surface area contributed by atoms with Gasteiger partial charge in [0.15, 0.2) is 0 Å². The van der Waals surface area contributed by atoms with Gasteiger partial charge in [0, 0.05) is 35.0 Å². The molecule has 0 aliphatic rings. The lowest BCUT2D eigenvalue weighted by molar-refractivity contribution is -0.0186. The average molecular weight is 456 g/mol. The molecule has 0 saturated carbocycles. The topological polar surface area (TPSA) is 106 Å². The van der Waals surface area contributed by atoms with Gasteiger partial charge in [0.1, 0.15) is 40.6 Å². The lowest BCUT2D eigenvalue weighted by atomic mass is 9.86. The quantitative estimate of drug-likeness (QED) is 0.443. The molecular weight excluding hydrogens is 438 g/mol. The normalized spacial score (nSPS) is 14.0. The largest absolute Gasteiger partial charge is 0.381 e. The van der Waals surface area contributed by atoms with E-state index in [0.29, 0.717) is 11.1 Å². The molecule has 2 atom stereocenters. The molecule has 0 radical (unpaired) electrons. The summed E-state index contributed by atoms with van der Waals surface area (Å²) in [6.45, 7) is 1.29. The first kappa shape index (κ1) is 21.7. The van der Waals surface area contributed by atoms with Gasteiger partial charge in [-0.25, -0.2) is 23.4 Å². The van der Waals surface area contributed by atoms with Crippen molar-refractivity contribution < 1.29 is 18.7 Å². The number of thiazole rings is 1. The van der Waals surface area contributed by atoms with E-state index in [1.807, 2.05) is 6.07 Å². The summed E-state index contributed by atoms with van der Waals surface area (Å²) in [4.78, 5) is 25.0. The minimum absolute atomic E-state index is 0.142. The number of benzene rings is 1. The van der Waals surface area contributed by atoms with Crippen molar-refractivity contribution >= 4 is 17.2 Å². The molecule has 3 aromatic heterocycles. The molecule has 164 valence electrons. The maximum atomic E-state index is 14.6. The van der Waals surface area contributed by atoms with Crippen molar-refractivity contribution in [2.75, 3.05) is 0 Å². The third kappa shape index (κ3) is 4.39. The van der Waals surface area contributed by atoms with E-state index in [1.54, 1.807) is 23.8 Å². The number of aliphatic hydroxyl groups is 1. The second kappa shape index (κ2) is 8.89.